The van der Waals surface area contributed by atoms with Crippen LogP contribution in [-0.2, 0) is 11.2 Å². The molecule has 1 aromatic rings. The van der Waals surface area contributed by atoms with E-state index < -0.39 is 5.60 Å². The Kier molecular flexibility index (Phi) is 7.03. The Bertz CT molecular complexity index is 491. The molecule has 0 aromatic carbocycles. The minimum absolute atomic E-state index is 0.323. The SMILES string of the molecule is CC(C)(C)OC(=O)NCCCN1CCC(Cc2ccccn2)CC1. The summed E-state index contributed by atoms with van der Waals surface area (Å²) in [5, 5.41) is 2.82. The van der Waals surface area contributed by atoms with Crippen LogP contribution in [0.15, 0.2) is 24.4 Å². The van der Waals surface area contributed by atoms with Crippen LogP contribution in [0.25, 0.3) is 0 Å². The van der Waals surface area contributed by atoms with Crippen LogP contribution in [0, 0.1) is 5.92 Å². The van der Waals surface area contributed by atoms with Crippen molar-refractivity contribution >= 4 is 6.09 Å². The summed E-state index contributed by atoms with van der Waals surface area (Å²) in [7, 11) is 0. The van der Waals surface area contributed by atoms with E-state index in [1.807, 2.05) is 33.0 Å². The van der Waals surface area contributed by atoms with Crippen LogP contribution < -0.4 is 5.32 Å². The zero-order chi connectivity index (χ0) is 17.4. The second kappa shape index (κ2) is 9.02. The molecule has 2 heterocycles. The highest BCUT2D eigenvalue weighted by molar-refractivity contribution is 5.67. The molecular formula is C19H31N3O2. The first-order valence-electron chi connectivity index (χ1n) is 9.01. The molecule has 1 aromatic heterocycles. The predicted molar refractivity (Wildman–Crippen MR) is 96.0 cm³/mol. The third-order valence-corrected chi connectivity index (χ3v) is 4.25. The lowest BCUT2D eigenvalue weighted by molar-refractivity contribution is 0.0525. The van der Waals surface area contributed by atoms with E-state index in [0.717, 1.165) is 38.4 Å². The van der Waals surface area contributed by atoms with E-state index >= 15 is 0 Å². The molecule has 0 aliphatic carbocycles. The second-order valence-corrected chi connectivity index (χ2v) is 7.59. The molecule has 0 saturated carbocycles. The van der Waals surface area contributed by atoms with Crippen molar-refractivity contribution in [3.8, 4) is 0 Å². The van der Waals surface area contributed by atoms with E-state index in [2.05, 4.69) is 27.3 Å². The van der Waals surface area contributed by atoms with Gasteiger partial charge >= 0.3 is 6.09 Å². The van der Waals surface area contributed by atoms with E-state index in [-0.39, 0.29) is 6.09 Å². The van der Waals surface area contributed by atoms with Gasteiger partial charge in [-0.15, -0.1) is 0 Å². The number of aromatic nitrogens is 1. The highest BCUT2D eigenvalue weighted by Crippen LogP contribution is 2.20. The van der Waals surface area contributed by atoms with Crippen molar-refractivity contribution in [3.63, 3.8) is 0 Å². The zero-order valence-corrected chi connectivity index (χ0v) is 15.3. The van der Waals surface area contributed by atoms with Crippen LogP contribution in [0.2, 0.25) is 0 Å². The van der Waals surface area contributed by atoms with E-state index in [1.54, 1.807) is 0 Å². The number of hydrogen-bond donors (Lipinski definition) is 1. The minimum Gasteiger partial charge on any atom is -0.444 e. The monoisotopic (exact) mass is 333 g/mol. The fourth-order valence-corrected chi connectivity index (χ4v) is 3.04. The number of carbonyl (C=O) groups excluding carboxylic acids is 1. The van der Waals surface area contributed by atoms with Crippen molar-refractivity contribution in [3.05, 3.63) is 30.1 Å². The number of alkyl carbamates (subject to hydrolysis) is 1. The van der Waals surface area contributed by atoms with Gasteiger partial charge in [-0.05, 0) is 84.1 Å². The number of nitrogens with zero attached hydrogens (tertiary/aromatic N) is 2. The molecule has 5 nitrogen and oxygen atoms in total. The van der Waals surface area contributed by atoms with Crippen LogP contribution in [-0.4, -0.2) is 47.8 Å². The van der Waals surface area contributed by atoms with Crippen LogP contribution >= 0.6 is 0 Å². The molecule has 0 spiro atoms. The Morgan fingerprint density at radius 1 is 1.33 bits per heavy atom. The van der Waals surface area contributed by atoms with Gasteiger partial charge in [0.25, 0.3) is 0 Å². The van der Waals surface area contributed by atoms with Crippen molar-refractivity contribution in [2.24, 2.45) is 5.92 Å². The normalized spacial score (nSPS) is 16.8. The highest BCUT2D eigenvalue weighted by Gasteiger charge is 2.20. The molecule has 0 bridgehead atoms. The number of hydrogen-bond acceptors (Lipinski definition) is 4. The summed E-state index contributed by atoms with van der Waals surface area (Å²) in [5.41, 5.74) is 0.775. The summed E-state index contributed by atoms with van der Waals surface area (Å²) >= 11 is 0. The molecule has 1 aliphatic heterocycles. The number of pyridine rings is 1. The molecule has 5 heteroatoms. The molecule has 1 fully saturated rings. The van der Waals surface area contributed by atoms with Gasteiger partial charge in [0.2, 0.25) is 0 Å². The zero-order valence-electron chi connectivity index (χ0n) is 15.3. The lowest BCUT2D eigenvalue weighted by Crippen LogP contribution is -2.37. The molecule has 1 N–H and O–H groups in total. The number of amides is 1. The van der Waals surface area contributed by atoms with Crippen LogP contribution in [0.4, 0.5) is 4.79 Å². The lowest BCUT2D eigenvalue weighted by atomic mass is 9.92. The second-order valence-electron chi connectivity index (χ2n) is 7.59. The lowest BCUT2D eigenvalue weighted by Gasteiger charge is -2.31. The first-order valence-corrected chi connectivity index (χ1v) is 9.01. The van der Waals surface area contributed by atoms with Gasteiger partial charge in [-0.25, -0.2) is 4.79 Å². The van der Waals surface area contributed by atoms with Crippen LogP contribution in [0.1, 0.15) is 45.7 Å². The number of carbonyl (C=O) groups is 1. The van der Waals surface area contributed by atoms with Gasteiger partial charge in [0.1, 0.15) is 5.60 Å². The Morgan fingerprint density at radius 3 is 2.71 bits per heavy atom. The van der Waals surface area contributed by atoms with Gasteiger partial charge in [-0.2, -0.15) is 0 Å². The minimum atomic E-state index is -0.431. The summed E-state index contributed by atoms with van der Waals surface area (Å²) < 4.78 is 5.23. The average Bonchev–Trinajstić information content (AvgIpc) is 2.52. The van der Waals surface area contributed by atoms with Crippen molar-refractivity contribution in [1.29, 1.82) is 0 Å². The molecule has 134 valence electrons. The van der Waals surface area contributed by atoms with Crippen molar-refractivity contribution in [2.45, 2.75) is 52.1 Å². The first kappa shape index (κ1) is 18.7. The van der Waals surface area contributed by atoms with Gasteiger partial charge in [0, 0.05) is 18.4 Å². The van der Waals surface area contributed by atoms with E-state index in [4.69, 9.17) is 4.74 Å². The van der Waals surface area contributed by atoms with Gasteiger partial charge in [0.15, 0.2) is 0 Å². The molecule has 2 rings (SSSR count). The molecule has 0 unspecified atom stereocenters. The van der Waals surface area contributed by atoms with Gasteiger partial charge in [0.05, 0.1) is 0 Å². The summed E-state index contributed by atoms with van der Waals surface area (Å²) in [6.45, 7) is 9.62. The third-order valence-electron chi connectivity index (χ3n) is 4.25. The summed E-state index contributed by atoms with van der Waals surface area (Å²) in [6.07, 6.45) is 6.07. The molecule has 0 atom stereocenters. The molecule has 0 radical (unpaired) electrons. The Morgan fingerprint density at radius 2 is 2.08 bits per heavy atom. The van der Waals surface area contributed by atoms with E-state index in [0.29, 0.717) is 6.54 Å². The van der Waals surface area contributed by atoms with Gasteiger partial charge < -0.3 is 15.0 Å². The van der Waals surface area contributed by atoms with E-state index in [9.17, 15) is 4.79 Å². The van der Waals surface area contributed by atoms with Gasteiger partial charge in [-0.3, -0.25) is 4.98 Å². The number of likely N-dealkylation sites (tertiary alicyclic amines) is 1. The summed E-state index contributed by atoms with van der Waals surface area (Å²) in [4.78, 5) is 18.5. The summed E-state index contributed by atoms with van der Waals surface area (Å²) in [6, 6.07) is 6.15. The van der Waals surface area contributed by atoms with Crippen LogP contribution in [0.3, 0.4) is 0 Å². The predicted octanol–water partition coefficient (Wildman–Crippen LogP) is 3.25. The van der Waals surface area contributed by atoms with E-state index in [1.165, 1.54) is 18.5 Å². The average molecular weight is 333 g/mol. The largest absolute Gasteiger partial charge is 0.444 e. The fraction of sp³-hybridized carbons (Fsp3) is 0.684. The Labute approximate surface area is 145 Å². The Balaban J connectivity index is 1.56. The molecule has 1 aliphatic rings. The molecular weight excluding hydrogens is 302 g/mol. The standard InChI is InChI=1S/C19H31N3O2/c1-19(2,3)24-18(23)21-11-6-12-22-13-8-16(9-14-22)15-17-7-4-5-10-20-17/h4-5,7,10,16H,6,8-9,11-15H2,1-3H3,(H,21,23). The van der Waals surface area contributed by atoms with Crippen LogP contribution in [0.5, 0.6) is 0 Å². The number of ether oxygens (including phenoxy) is 1. The molecule has 1 saturated heterocycles. The van der Waals surface area contributed by atoms with Gasteiger partial charge in [-0.1, -0.05) is 6.07 Å². The Hall–Kier alpha value is -1.62. The number of nitrogens with one attached hydrogen (secondary N) is 1. The molecule has 24 heavy (non-hydrogen) atoms. The maximum absolute atomic E-state index is 11.6. The highest BCUT2D eigenvalue weighted by atomic mass is 16.6. The number of rotatable bonds is 6. The van der Waals surface area contributed by atoms with Crippen molar-refractivity contribution in [2.75, 3.05) is 26.2 Å². The fourth-order valence-electron chi connectivity index (χ4n) is 3.04. The quantitative estimate of drug-likeness (QED) is 0.812. The maximum atomic E-state index is 11.6. The first-order chi connectivity index (χ1) is 11.4. The third kappa shape index (κ3) is 7.30. The van der Waals surface area contributed by atoms with Crippen molar-refractivity contribution < 1.29 is 9.53 Å². The maximum Gasteiger partial charge on any atom is 0.407 e. The van der Waals surface area contributed by atoms with Crippen molar-refractivity contribution in [1.82, 2.24) is 15.2 Å². The number of piperidine rings is 1. The topological polar surface area (TPSA) is 54.5 Å². The molecule has 1 amide bonds. The smallest absolute Gasteiger partial charge is 0.407 e. The summed E-state index contributed by atoms with van der Waals surface area (Å²) in [5.74, 6) is 0.746.